The topological polar surface area (TPSA) is 254 Å². The summed E-state index contributed by atoms with van der Waals surface area (Å²) in [4.78, 5) is 157. The molecule has 9 amide bonds. The number of ketones is 3. The summed E-state index contributed by atoms with van der Waals surface area (Å²) in [6.45, 7) is 1.61. The third kappa shape index (κ3) is 13.9. The van der Waals surface area contributed by atoms with E-state index in [1.165, 1.54) is 85.9 Å². The summed E-state index contributed by atoms with van der Waals surface area (Å²) >= 11 is 2.33. The van der Waals surface area contributed by atoms with Crippen molar-refractivity contribution in [2.24, 2.45) is 0 Å². The first-order valence-corrected chi connectivity index (χ1v) is 23.2. The molecule has 2 aromatic rings. The maximum atomic E-state index is 14.1. The molecular formula is C44H51N7O12S2. The molecule has 3 heterocycles. The molecule has 2 unspecified atom stereocenters. The average Bonchev–Trinajstić information content (AvgIpc) is 3.71. The van der Waals surface area contributed by atoms with Crippen LogP contribution < -0.4 is 16.0 Å². The second-order valence-corrected chi connectivity index (χ2v) is 18.2. The Bertz CT molecular complexity index is 2070. The second kappa shape index (κ2) is 23.6. The number of thioether (sulfide) groups is 2. The number of hydrogen-bond donors (Lipinski definition) is 3. The van der Waals surface area contributed by atoms with Crippen LogP contribution in [0.3, 0.4) is 0 Å². The number of rotatable bonds is 17. The van der Waals surface area contributed by atoms with Crippen LogP contribution in [0.5, 0.6) is 0 Å². The number of fused-ring (bicyclic) bond motifs is 4. The third-order valence-corrected chi connectivity index (χ3v) is 13.5. The normalized spacial score (nSPS) is 18.4. The van der Waals surface area contributed by atoms with E-state index in [-0.39, 0.29) is 107 Å². The van der Waals surface area contributed by atoms with Crippen LogP contribution in [0.4, 0.5) is 0 Å². The van der Waals surface area contributed by atoms with Crippen LogP contribution in [0.25, 0.3) is 0 Å². The van der Waals surface area contributed by atoms with E-state index in [2.05, 4.69) is 16.0 Å². The number of nitrogens with zero attached hydrogens (tertiary/aromatic N) is 4. The van der Waals surface area contributed by atoms with Gasteiger partial charge in [0.05, 0.1) is 17.0 Å². The van der Waals surface area contributed by atoms with Gasteiger partial charge in [-0.25, -0.2) is 0 Å². The van der Waals surface area contributed by atoms with Gasteiger partial charge in [-0.3, -0.25) is 77.4 Å². The number of nitrogens with one attached hydrogen (secondary N) is 3. The lowest BCUT2D eigenvalue weighted by atomic mass is 10.1. The zero-order valence-corrected chi connectivity index (χ0v) is 37.7. The molecule has 0 aliphatic carbocycles. The van der Waals surface area contributed by atoms with Crippen molar-refractivity contribution in [2.45, 2.75) is 75.7 Å². The van der Waals surface area contributed by atoms with E-state index < -0.39 is 76.5 Å². The fraction of sp³-hybridized carbons (Fsp3) is 0.455. The Morgan fingerprint density at radius 1 is 0.538 bits per heavy atom. The summed E-state index contributed by atoms with van der Waals surface area (Å²) in [5, 5.41) is 8.74. The molecule has 3 saturated heterocycles. The van der Waals surface area contributed by atoms with E-state index in [0.717, 1.165) is 19.8 Å². The molecule has 3 aliphatic rings. The average molecular weight is 934 g/mol. The Morgan fingerprint density at radius 2 is 0.954 bits per heavy atom. The number of Topliss-reactive ketones (excluding diaryl/α,β-unsaturated/α-hetero) is 3. The molecule has 0 saturated carbocycles. The van der Waals surface area contributed by atoms with Crippen LogP contribution in [-0.4, -0.2) is 152 Å². The van der Waals surface area contributed by atoms with E-state index in [4.69, 9.17) is 0 Å². The highest BCUT2D eigenvalue weighted by Gasteiger charge is 2.42. The predicted octanol–water partition coefficient (Wildman–Crippen LogP) is 1.54. The minimum atomic E-state index is -0.752. The number of imide groups is 2. The Labute approximate surface area is 383 Å². The fourth-order valence-electron chi connectivity index (χ4n) is 7.11. The minimum absolute atomic E-state index is 0.0106. The monoisotopic (exact) mass is 933 g/mol. The number of hydrogen-bond acceptors (Lipinski definition) is 14. The first kappa shape index (κ1) is 49.8. The number of hydrazine groups is 1. The SMILES string of the molecule is CC(=O)c1ccc(C(=O)NCCCC(=O)CCN2C(=O)CCN3C(=O)CC(SCSC4CC(=O)N(CCC(=O)N2CCC(=O)NCCNC(=O)c2ccc(C(C)=O)cc2)C4=O)C3=O)cc1. The lowest BCUT2D eigenvalue weighted by Gasteiger charge is -2.35. The molecule has 3 fully saturated rings. The summed E-state index contributed by atoms with van der Waals surface area (Å²) in [7, 11) is 0. The van der Waals surface area contributed by atoms with Gasteiger partial charge in [0.25, 0.3) is 11.8 Å². The zero-order valence-electron chi connectivity index (χ0n) is 36.1. The molecule has 346 valence electrons. The van der Waals surface area contributed by atoms with Gasteiger partial charge < -0.3 is 16.0 Å². The molecule has 21 heteroatoms. The summed E-state index contributed by atoms with van der Waals surface area (Å²) in [6, 6.07) is 12.1. The summed E-state index contributed by atoms with van der Waals surface area (Å²) in [6.07, 6.45) is -1.50. The summed E-state index contributed by atoms with van der Waals surface area (Å²) in [5.41, 5.74) is 1.52. The van der Waals surface area contributed by atoms with Gasteiger partial charge in [-0.1, -0.05) is 24.3 Å². The van der Waals surface area contributed by atoms with Crippen LogP contribution >= 0.6 is 23.5 Å². The van der Waals surface area contributed by atoms with Gasteiger partial charge in [0.15, 0.2) is 11.6 Å². The van der Waals surface area contributed by atoms with Gasteiger partial charge in [0, 0.05) is 112 Å². The molecule has 4 bridgehead atoms. The Morgan fingerprint density at radius 3 is 1.42 bits per heavy atom. The standard InChI is InChI=1S/C44H51N7O12S2/c1-27(52)29-5-9-31(10-6-29)41(60)46-17-3-4-33(54)13-22-50-37(56)15-20-48-39(58)24-34(43(48)62)64-26-65-35-25-40(59)49(44(35)63)21-16-38(57)51(50)23-14-36(55)45-18-19-47-42(61)32-11-7-30(8-12-32)28(2)53/h5-12,34-35H,3-4,13-26H2,1-2H3,(H,45,55)(H,46,60)(H,47,61). The molecule has 65 heavy (non-hydrogen) atoms. The van der Waals surface area contributed by atoms with Gasteiger partial charge in [0.2, 0.25) is 41.4 Å². The van der Waals surface area contributed by atoms with Crippen LogP contribution in [0.1, 0.15) is 107 Å². The Hall–Kier alpha value is -6.22. The highest BCUT2D eigenvalue weighted by molar-refractivity contribution is 8.17. The largest absolute Gasteiger partial charge is 0.354 e. The van der Waals surface area contributed by atoms with Crippen molar-refractivity contribution in [1.29, 1.82) is 0 Å². The molecular weight excluding hydrogens is 883 g/mol. The first-order chi connectivity index (χ1) is 31.0. The smallest absolute Gasteiger partial charge is 0.251 e. The maximum absolute atomic E-state index is 14.1. The molecule has 2 aromatic carbocycles. The molecule has 5 rings (SSSR count). The van der Waals surface area contributed by atoms with Crippen LogP contribution in [0.2, 0.25) is 0 Å². The Kier molecular flexibility index (Phi) is 18.1. The zero-order chi connectivity index (χ0) is 47.2. The van der Waals surface area contributed by atoms with Gasteiger partial charge in [-0.2, -0.15) is 0 Å². The van der Waals surface area contributed by atoms with Crippen molar-refractivity contribution in [3.63, 3.8) is 0 Å². The quantitative estimate of drug-likeness (QED) is 0.116. The van der Waals surface area contributed by atoms with E-state index in [0.29, 0.717) is 22.3 Å². The predicted molar refractivity (Wildman–Crippen MR) is 237 cm³/mol. The Balaban J connectivity index is 1.26. The van der Waals surface area contributed by atoms with Crippen molar-refractivity contribution in [1.82, 2.24) is 35.8 Å². The molecule has 19 nitrogen and oxygen atoms in total. The van der Waals surface area contributed by atoms with Crippen LogP contribution in [0.15, 0.2) is 48.5 Å². The molecule has 3 N–H and O–H groups in total. The van der Waals surface area contributed by atoms with E-state index in [1.807, 2.05) is 0 Å². The van der Waals surface area contributed by atoms with Crippen molar-refractivity contribution < 1.29 is 57.5 Å². The molecule has 3 aliphatic heterocycles. The van der Waals surface area contributed by atoms with Crippen LogP contribution in [-0.2, 0) is 38.4 Å². The lowest BCUT2D eigenvalue weighted by molar-refractivity contribution is -0.166. The number of amides is 9. The second-order valence-electron chi connectivity index (χ2n) is 15.4. The van der Waals surface area contributed by atoms with Gasteiger partial charge in [-0.05, 0) is 44.5 Å². The van der Waals surface area contributed by atoms with Gasteiger partial charge in [0.1, 0.15) is 5.78 Å². The van der Waals surface area contributed by atoms with Crippen molar-refractivity contribution in [3.05, 3.63) is 70.8 Å². The lowest BCUT2D eigenvalue weighted by Crippen LogP contribution is -2.53. The van der Waals surface area contributed by atoms with E-state index in [9.17, 15) is 57.5 Å². The summed E-state index contributed by atoms with van der Waals surface area (Å²) < 4.78 is 0. The van der Waals surface area contributed by atoms with Gasteiger partial charge >= 0.3 is 0 Å². The number of carbonyl (C=O) groups is 12. The van der Waals surface area contributed by atoms with Crippen molar-refractivity contribution >= 4 is 94.0 Å². The minimum Gasteiger partial charge on any atom is -0.354 e. The molecule has 0 radical (unpaired) electrons. The molecule has 0 aromatic heterocycles. The molecule has 2 atom stereocenters. The van der Waals surface area contributed by atoms with Crippen molar-refractivity contribution in [2.75, 3.05) is 50.9 Å². The fourth-order valence-corrected chi connectivity index (χ4v) is 9.80. The number of benzene rings is 2. The van der Waals surface area contributed by atoms with Crippen molar-refractivity contribution in [3.8, 4) is 0 Å². The third-order valence-electron chi connectivity index (χ3n) is 10.8. The van der Waals surface area contributed by atoms with E-state index in [1.54, 1.807) is 0 Å². The highest BCUT2D eigenvalue weighted by atomic mass is 32.2. The van der Waals surface area contributed by atoms with Gasteiger partial charge in [-0.15, -0.1) is 23.5 Å². The highest BCUT2D eigenvalue weighted by Crippen LogP contribution is 2.33. The first-order valence-electron chi connectivity index (χ1n) is 21.1. The number of carbonyl (C=O) groups excluding carboxylic acids is 12. The van der Waals surface area contributed by atoms with E-state index >= 15 is 0 Å². The molecule has 0 spiro atoms. The summed E-state index contributed by atoms with van der Waals surface area (Å²) in [5.74, 6) is -5.55. The maximum Gasteiger partial charge on any atom is 0.251 e. The van der Waals surface area contributed by atoms with Crippen LogP contribution in [0, 0.1) is 0 Å².